The number of benzene rings is 1. The molecule has 0 bridgehead atoms. The lowest BCUT2D eigenvalue weighted by Gasteiger charge is -2.21. The van der Waals surface area contributed by atoms with Gasteiger partial charge in [-0.15, -0.1) is 0 Å². The van der Waals surface area contributed by atoms with Crippen molar-refractivity contribution in [3.8, 4) is 11.4 Å². The highest BCUT2D eigenvalue weighted by Gasteiger charge is 2.44. The summed E-state index contributed by atoms with van der Waals surface area (Å²) in [6.45, 7) is 2.63. The fourth-order valence-electron chi connectivity index (χ4n) is 2.16. The average molecular weight is 281 g/mol. The molecule has 106 valence electrons. The van der Waals surface area contributed by atoms with E-state index in [0.717, 1.165) is 18.2 Å². The van der Waals surface area contributed by atoms with E-state index in [2.05, 4.69) is 10.1 Å². The Morgan fingerprint density at radius 3 is 2.60 bits per heavy atom. The van der Waals surface area contributed by atoms with Crippen LogP contribution >= 0.6 is 0 Å². The van der Waals surface area contributed by atoms with E-state index in [0.29, 0.717) is 19.1 Å². The normalized spacial score (nSPS) is 26.1. The predicted octanol–water partition coefficient (Wildman–Crippen LogP) is 1.63. The lowest BCUT2D eigenvalue weighted by Crippen LogP contribution is -2.42. The molecular weight excluding hydrogens is 268 g/mol. The molecule has 2 heterocycles. The minimum absolute atomic E-state index is 0.124. The molecule has 0 amide bonds. The molecule has 5 nitrogen and oxygen atoms in total. The Bertz CT molecular complexity index is 626. The van der Waals surface area contributed by atoms with Crippen LogP contribution in [0.25, 0.3) is 11.4 Å². The van der Waals surface area contributed by atoms with Gasteiger partial charge in [-0.05, 0) is 19.1 Å². The van der Waals surface area contributed by atoms with Crippen LogP contribution in [0.2, 0.25) is 0 Å². The van der Waals surface area contributed by atoms with Crippen LogP contribution in [0, 0.1) is 11.6 Å². The summed E-state index contributed by atoms with van der Waals surface area (Å²) in [5, 5.41) is 3.76. The molecule has 1 saturated heterocycles. The van der Waals surface area contributed by atoms with Crippen molar-refractivity contribution >= 4 is 0 Å². The van der Waals surface area contributed by atoms with Crippen LogP contribution in [0.3, 0.4) is 0 Å². The van der Waals surface area contributed by atoms with Gasteiger partial charge in [-0.3, -0.25) is 0 Å². The third kappa shape index (κ3) is 2.08. The highest BCUT2D eigenvalue weighted by Crippen LogP contribution is 2.32. The summed E-state index contributed by atoms with van der Waals surface area (Å²) in [5.74, 6) is -0.960. The highest BCUT2D eigenvalue weighted by molar-refractivity contribution is 5.54. The van der Waals surface area contributed by atoms with E-state index in [4.69, 9.17) is 15.0 Å². The van der Waals surface area contributed by atoms with E-state index in [1.54, 1.807) is 0 Å². The number of hydrogen-bond acceptors (Lipinski definition) is 5. The maximum atomic E-state index is 13.2. The molecule has 1 aromatic carbocycles. The summed E-state index contributed by atoms with van der Waals surface area (Å²) in [6, 6.07) is 2.81. The SMILES string of the molecule is CC1(c2nc(-c3cc(F)cc(F)c3)no2)COCC1N. The van der Waals surface area contributed by atoms with Crippen molar-refractivity contribution < 1.29 is 18.0 Å². The van der Waals surface area contributed by atoms with Crippen LogP contribution in [-0.2, 0) is 10.2 Å². The Morgan fingerprint density at radius 2 is 2.00 bits per heavy atom. The van der Waals surface area contributed by atoms with Crippen molar-refractivity contribution in [3.05, 3.63) is 35.7 Å². The van der Waals surface area contributed by atoms with E-state index < -0.39 is 17.0 Å². The summed E-state index contributed by atoms with van der Waals surface area (Å²) in [5.41, 5.74) is 5.60. The molecule has 1 aliphatic heterocycles. The Hall–Kier alpha value is -1.86. The number of hydrogen-bond donors (Lipinski definition) is 1. The van der Waals surface area contributed by atoms with Gasteiger partial charge in [-0.25, -0.2) is 8.78 Å². The smallest absolute Gasteiger partial charge is 0.236 e. The molecule has 2 atom stereocenters. The number of nitrogens with zero attached hydrogens (tertiary/aromatic N) is 2. The van der Waals surface area contributed by atoms with Gasteiger partial charge in [0.15, 0.2) is 0 Å². The largest absolute Gasteiger partial charge is 0.379 e. The van der Waals surface area contributed by atoms with Crippen molar-refractivity contribution in [2.45, 2.75) is 18.4 Å². The fraction of sp³-hybridized carbons (Fsp3) is 0.385. The van der Waals surface area contributed by atoms with Gasteiger partial charge in [-0.2, -0.15) is 4.98 Å². The lowest BCUT2D eigenvalue weighted by molar-refractivity contribution is 0.169. The van der Waals surface area contributed by atoms with Gasteiger partial charge in [0, 0.05) is 17.7 Å². The molecule has 0 saturated carbocycles. The van der Waals surface area contributed by atoms with Gasteiger partial charge in [0.2, 0.25) is 11.7 Å². The molecule has 2 aromatic rings. The Kier molecular flexibility index (Phi) is 3.02. The number of aromatic nitrogens is 2. The standard InChI is InChI=1S/C13H13F2N3O2/c1-13(6-19-5-10(13)16)12-17-11(18-20-12)7-2-8(14)4-9(15)3-7/h2-4,10H,5-6,16H2,1H3. The molecule has 1 fully saturated rings. The molecule has 20 heavy (non-hydrogen) atoms. The maximum absolute atomic E-state index is 13.2. The number of halogens is 2. The quantitative estimate of drug-likeness (QED) is 0.905. The van der Waals surface area contributed by atoms with Crippen molar-refractivity contribution in [1.29, 1.82) is 0 Å². The first kappa shape index (κ1) is 13.1. The van der Waals surface area contributed by atoms with Gasteiger partial charge in [0.1, 0.15) is 11.6 Å². The van der Waals surface area contributed by atoms with E-state index >= 15 is 0 Å². The number of ether oxygens (including phenoxy) is 1. The molecule has 2 N–H and O–H groups in total. The van der Waals surface area contributed by atoms with Crippen LogP contribution in [0.1, 0.15) is 12.8 Å². The molecule has 0 aliphatic carbocycles. The highest BCUT2D eigenvalue weighted by atomic mass is 19.1. The molecule has 1 aromatic heterocycles. The Labute approximate surface area is 113 Å². The number of nitrogens with two attached hydrogens (primary N) is 1. The summed E-state index contributed by atoms with van der Waals surface area (Å²) in [6.07, 6.45) is 0. The minimum Gasteiger partial charge on any atom is -0.379 e. The zero-order chi connectivity index (χ0) is 14.3. The van der Waals surface area contributed by atoms with E-state index in [9.17, 15) is 8.78 Å². The summed E-state index contributed by atoms with van der Waals surface area (Å²) in [7, 11) is 0. The van der Waals surface area contributed by atoms with Gasteiger partial charge in [0.25, 0.3) is 0 Å². The zero-order valence-corrected chi connectivity index (χ0v) is 10.8. The molecule has 0 radical (unpaired) electrons. The second-order valence-corrected chi connectivity index (χ2v) is 5.12. The first-order valence-corrected chi connectivity index (χ1v) is 6.13. The van der Waals surface area contributed by atoms with Crippen LogP contribution in [0.4, 0.5) is 8.78 Å². The van der Waals surface area contributed by atoms with E-state index in [1.165, 1.54) is 0 Å². The van der Waals surface area contributed by atoms with Gasteiger partial charge in [0.05, 0.1) is 18.6 Å². The Balaban J connectivity index is 1.98. The third-order valence-electron chi connectivity index (χ3n) is 3.55. The number of rotatable bonds is 2. The minimum atomic E-state index is -0.696. The van der Waals surface area contributed by atoms with E-state index in [-0.39, 0.29) is 17.4 Å². The van der Waals surface area contributed by atoms with Gasteiger partial charge in [-0.1, -0.05) is 5.16 Å². The van der Waals surface area contributed by atoms with Crippen molar-refractivity contribution in [2.75, 3.05) is 13.2 Å². The van der Waals surface area contributed by atoms with Crippen molar-refractivity contribution in [1.82, 2.24) is 10.1 Å². The first-order valence-electron chi connectivity index (χ1n) is 6.13. The van der Waals surface area contributed by atoms with Crippen molar-refractivity contribution in [3.63, 3.8) is 0 Å². The third-order valence-corrected chi connectivity index (χ3v) is 3.55. The monoisotopic (exact) mass is 281 g/mol. The van der Waals surface area contributed by atoms with Gasteiger partial charge < -0.3 is 15.0 Å². The second kappa shape index (κ2) is 4.60. The van der Waals surface area contributed by atoms with Crippen molar-refractivity contribution in [2.24, 2.45) is 5.73 Å². The van der Waals surface area contributed by atoms with Crippen LogP contribution < -0.4 is 5.73 Å². The second-order valence-electron chi connectivity index (χ2n) is 5.12. The molecule has 0 spiro atoms. The molecule has 2 unspecified atom stereocenters. The van der Waals surface area contributed by atoms with E-state index in [1.807, 2.05) is 6.92 Å². The van der Waals surface area contributed by atoms with Crippen LogP contribution in [-0.4, -0.2) is 29.4 Å². The van der Waals surface area contributed by atoms with Crippen LogP contribution in [0.5, 0.6) is 0 Å². The van der Waals surface area contributed by atoms with Crippen LogP contribution in [0.15, 0.2) is 22.7 Å². The molecule has 1 aliphatic rings. The molecule has 7 heteroatoms. The topological polar surface area (TPSA) is 74.2 Å². The fourth-order valence-corrected chi connectivity index (χ4v) is 2.16. The van der Waals surface area contributed by atoms with Gasteiger partial charge >= 0.3 is 0 Å². The molecule has 3 rings (SSSR count). The first-order chi connectivity index (χ1) is 9.49. The lowest BCUT2D eigenvalue weighted by atomic mass is 9.86. The zero-order valence-electron chi connectivity index (χ0n) is 10.8. The Morgan fingerprint density at radius 1 is 1.30 bits per heavy atom. The molecular formula is C13H13F2N3O2. The predicted molar refractivity (Wildman–Crippen MR) is 65.8 cm³/mol. The average Bonchev–Trinajstić information content (AvgIpc) is 2.97. The summed E-state index contributed by atoms with van der Waals surface area (Å²) in [4.78, 5) is 4.20. The summed E-state index contributed by atoms with van der Waals surface area (Å²) < 4.78 is 36.9. The maximum Gasteiger partial charge on any atom is 0.236 e. The summed E-state index contributed by atoms with van der Waals surface area (Å²) >= 11 is 0.